The molecule has 2 amide bonds. The summed E-state index contributed by atoms with van der Waals surface area (Å²) in [6.07, 6.45) is 2.47. The SMILES string of the molecule is CC(=NO)c1ccc(N2C(=O)C=CC2=O)cc1. The van der Waals surface area contributed by atoms with Crippen LogP contribution >= 0.6 is 0 Å². The molecule has 0 aliphatic carbocycles. The van der Waals surface area contributed by atoms with Crippen molar-refractivity contribution in [3.05, 3.63) is 42.0 Å². The van der Waals surface area contributed by atoms with Crippen LogP contribution in [0.4, 0.5) is 5.69 Å². The smallest absolute Gasteiger partial charge is 0.258 e. The lowest BCUT2D eigenvalue weighted by atomic mass is 10.1. The normalized spacial score (nSPS) is 15.8. The van der Waals surface area contributed by atoms with Gasteiger partial charge >= 0.3 is 0 Å². The van der Waals surface area contributed by atoms with Crippen LogP contribution in [0.5, 0.6) is 0 Å². The lowest BCUT2D eigenvalue weighted by Gasteiger charge is -2.13. The summed E-state index contributed by atoms with van der Waals surface area (Å²) >= 11 is 0. The first-order valence-corrected chi connectivity index (χ1v) is 4.98. The zero-order valence-corrected chi connectivity index (χ0v) is 9.12. The van der Waals surface area contributed by atoms with Crippen LogP contribution in [-0.4, -0.2) is 22.7 Å². The molecular formula is C12H10N2O3. The highest BCUT2D eigenvalue weighted by atomic mass is 16.4. The Morgan fingerprint density at radius 2 is 1.65 bits per heavy atom. The zero-order valence-electron chi connectivity index (χ0n) is 9.12. The van der Waals surface area contributed by atoms with Crippen LogP contribution in [0.3, 0.4) is 0 Å². The Morgan fingerprint density at radius 3 is 2.12 bits per heavy atom. The molecule has 0 unspecified atom stereocenters. The molecular weight excluding hydrogens is 220 g/mol. The van der Waals surface area contributed by atoms with Gasteiger partial charge in [0.1, 0.15) is 0 Å². The predicted molar refractivity (Wildman–Crippen MR) is 62.1 cm³/mol. The van der Waals surface area contributed by atoms with E-state index in [4.69, 9.17) is 5.21 Å². The topological polar surface area (TPSA) is 70.0 Å². The van der Waals surface area contributed by atoms with Gasteiger partial charge in [-0.05, 0) is 24.6 Å². The fourth-order valence-corrected chi connectivity index (χ4v) is 1.56. The van der Waals surface area contributed by atoms with Crippen molar-refractivity contribution in [1.82, 2.24) is 0 Å². The Bertz CT molecular complexity index is 511. The van der Waals surface area contributed by atoms with E-state index in [9.17, 15) is 9.59 Å². The molecule has 0 saturated heterocycles. The lowest BCUT2D eigenvalue weighted by molar-refractivity contribution is -0.119. The van der Waals surface area contributed by atoms with Crippen LogP contribution in [0.25, 0.3) is 0 Å². The van der Waals surface area contributed by atoms with Gasteiger partial charge in [0.15, 0.2) is 0 Å². The van der Waals surface area contributed by atoms with Crippen molar-refractivity contribution in [2.24, 2.45) is 5.16 Å². The van der Waals surface area contributed by atoms with E-state index in [1.54, 1.807) is 31.2 Å². The van der Waals surface area contributed by atoms with Gasteiger partial charge in [-0.3, -0.25) is 9.59 Å². The average Bonchev–Trinajstić information content (AvgIpc) is 2.68. The van der Waals surface area contributed by atoms with E-state index in [2.05, 4.69) is 5.16 Å². The van der Waals surface area contributed by atoms with E-state index in [0.717, 1.165) is 10.5 Å². The molecule has 1 aromatic carbocycles. The van der Waals surface area contributed by atoms with Crippen molar-refractivity contribution >= 4 is 23.2 Å². The number of hydrogen-bond acceptors (Lipinski definition) is 4. The van der Waals surface area contributed by atoms with Crippen molar-refractivity contribution in [1.29, 1.82) is 0 Å². The summed E-state index contributed by atoms with van der Waals surface area (Å²) in [6, 6.07) is 6.63. The molecule has 0 saturated carbocycles. The molecule has 1 aliphatic rings. The number of carbonyl (C=O) groups excluding carboxylic acids is 2. The molecule has 17 heavy (non-hydrogen) atoms. The number of amides is 2. The van der Waals surface area contributed by atoms with E-state index in [1.807, 2.05) is 0 Å². The third-order valence-corrected chi connectivity index (χ3v) is 2.50. The standard InChI is InChI=1S/C12H10N2O3/c1-8(13-17)9-2-4-10(5-3-9)14-11(15)6-7-12(14)16/h2-7,17H,1H3. The molecule has 0 bridgehead atoms. The number of nitrogens with zero attached hydrogens (tertiary/aromatic N) is 2. The number of imide groups is 1. The number of carbonyl (C=O) groups is 2. The fraction of sp³-hybridized carbons (Fsp3) is 0.0833. The minimum absolute atomic E-state index is 0.352. The number of hydrogen-bond donors (Lipinski definition) is 1. The van der Waals surface area contributed by atoms with Gasteiger partial charge in [-0.1, -0.05) is 17.3 Å². The number of benzene rings is 1. The third-order valence-electron chi connectivity index (χ3n) is 2.50. The number of anilines is 1. The first kappa shape index (κ1) is 11.1. The molecule has 86 valence electrons. The molecule has 0 aromatic heterocycles. The van der Waals surface area contributed by atoms with Gasteiger partial charge in [0, 0.05) is 12.2 Å². The van der Waals surface area contributed by atoms with Gasteiger partial charge in [0.25, 0.3) is 11.8 Å². The van der Waals surface area contributed by atoms with E-state index < -0.39 is 0 Å². The van der Waals surface area contributed by atoms with E-state index >= 15 is 0 Å². The van der Waals surface area contributed by atoms with E-state index in [-0.39, 0.29) is 11.8 Å². The second kappa shape index (κ2) is 4.21. The number of oxime groups is 1. The van der Waals surface area contributed by atoms with Crippen molar-refractivity contribution in [3.63, 3.8) is 0 Å². The van der Waals surface area contributed by atoms with Crippen molar-refractivity contribution in [3.8, 4) is 0 Å². The number of rotatable bonds is 2. The minimum Gasteiger partial charge on any atom is -0.411 e. The molecule has 1 aliphatic heterocycles. The molecule has 1 N–H and O–H groups in total. The molecule has 1 aromatic rings. The van der Waals surface area contributed by atoms with Gasteiger partial charge < -0.3 is 5.21 Å². The van der Waals surface area contributed by atoms with Gasteiger partial charge in [-0.15, -0.1) is 0 Å². The molecule has 0 fully saturated rings. The van der Waals surface area contributed by atoms with Crippen LogP contribution in [0.1, 0.15) is 12.5 Å². The fourth-order valence-electron chi connectivity index (χ4n) is 1.56. The molecule has 5 heteroatoms. The van der Waals surface area contributed by atoms with E-state index in [0.29, 0.717) is 11.4 Å². The highest BCUT2D eigenvalue weighted by molar-refractivity contribution is 6.28. The summed E-state index contributed by atoms with van der Waals surface area (Å²) < 4.78 is 0. The first-order valence-electron chi connectivity index (χ1n) is 4.98. The highest BCUT2D eigenvalue weighted by Crippen LogP contribution is 2.19. The summed E-state index contributed by atoms with van der Waals surface area (Å²) in [5.74, 6) is -0.703. The monoisotopic (exact) mass is 230 g/mol. The van der Waals surface area contributed by atoms with Crippen LogP contribution < -0.4 is 4.90 Å². The molecule has 0 atom stereocenters. The summed E-state index contributed by atoms with van der Waals surface area (Å²) in [4.78, 5) is 23.9. The quantitative estimate of drug-likeness (QED) is 0.360. The Labute approximate surface area is 97.7 Å². The second-order valence-corrected chi connectivity index (χ2v) is 3.58. The Balaban J connectivity index is 2.30. The summed E-state index contributed by atoms with van der Waals surface area (Å²) in [5, 5.41) is 11.7. The van der Waals surface area contributed by atoms with E-state index in [1.165, 1.54) is 12.2 Å². The van der Waals surface area contributed by atoms with Gasteiger partial charge in [-0.25, -0.2) is 4.90 Å². The maximum absolute atomic E-state index is 11.4. The minimum atomic E-state index is -0.352. The van der Waals surface area contributed by atoms with Crippen LogP contribution in [0.2, 0.25) is 0 Å². The first-order chi connectivity index (χ1) is 8.13. The summed E-state index contributed by atoms with van der Waals surface area (Å²) in [7, 11) is 0. The molecule has 0 spiro atoms. The van der Waals surface area contributed by atoms with Crippen molar-refractivity contribution in [2.45, 2.75) is 6.92 Å². The van der Waals surface area contributed by atoms with Crippen LogP contribution in [0.15, 0.2) is 41.6 Å². The van der Waals surface area contributed by atoms with Gasteiger partial charge in [0.05, 0.1) is 11.4 Å². The van der Waals surface area contributed by atoms with Gasteiger partial charge in [-0.2, -0.15) is 0 Å². The Morgan fingerprint density at radius 1 is 1.12 bits per heavy atom. The van der Waals surface area contributed by atoms with Gasteiger partial charge in [0.2, 0.25) is 0 Å². The average molecular weight is 230 g/mol. The summed E-state index contributed by atoms with van der Waals surface area (Å²) in [5.41, 5.74) is 1.69. The van der Waals surface area contributed by atoms with Crippen LogP contribution in [-0.2, 0) is 9.59 Å². The summed E-state index contributed by atoms with van der Waals surface area (Å²) in [6.45, 7) is 1.66. The van der Waals surface area contributed by atoms with Crippen molar-refractivity contribution < 1.29 is 14.8 Å². The molecule has 1 heterocycles. The third kappa shape index (κ3) is 1.94. The van der Waals surface area contributed by atoms with Crippen LogP contribution in [0, 0.1) is 0 Å². The second-order valence-electron chi connectivity index (χ2n) is 3.58. The lowest BCUT2D eigenvalue weighted by Crippen LogP contribution is -2.29. The maximum atomic E-state index is 11.4. The largest absolute Gasteiger partial charge is 0.411 e. The highest BCUT2D eigenvalue weighted by Gasteiger charge is 2.24. The van der Waals surface area contributed by atoms with Crippen molar-refractivity contribution in [2.75, 3.05) is 4.90 Å². The molecule has 2 rings (SSSR count). The Kier molecular flexibility index (Phi) is 2.74. The maximum Gasteiger partial charge on any atom is 0.258 e. The Hall–Kier alpha value is -2.43. The molecule has 5 nitrogen and oxygen atoms in total. The predicted octanol–water partition coefficient (Wildman–Crippen LogP) is 1.31. The molecule has 0 radical (unpaired) electrons. The zero-order chi connectivity index (χ0) is 12.4.